The van der Waals surface area contributed by atoms with Gasteiger partial charge >= 0.3 is 6.09 Å². The lowest BCUT2D eigenvalue weighted by molar-refractivity contribution is -0.118. The third-order valence-corrected chi connectivity index (χ3v) is 4.92. The average Bonchev–Trinajstić information content (AvgIpc) is 2.85. The Balaban J connectivity index is 1.81. The summed E-state index contributed by atoms with van der Waals surface area (Å²) in [7, 11) is 0. The normalized spacial score (nSPS) is 23.3. The Morgan fingerprint density at radius 2 is 2.07 bits per heavy atom. The lowest BCUT2D eigenvalue weighted by atomic mass is 9.96. The van der Waals surface area contributed by atoms with Crippen molar-refractivity contribution in [3.63, 3.8) is 0 Å². The van der Waals surface area contributed by atoms with Gasteiger partial charge in [-0.2, -0.15) is 0 Å². The van der Waals surface area contributed by atoms with E-state index >= 15 is 0 Å². The zero-order chi connectivity index (χ0) is 19.9. The van der Waals surface area contributed by atoms with Gasteiger partial charge in [0, 0.05) is 44.3 Å². The van der Waals surface area contributed by atoms with Crippen molar-refractivity contribution < 1.29 is 14.3 Å². The van der Waals surface area contributed by atoms with Crippen molar-refractivity contribution in [1.82, 2.24) is 10.2 Å². The van der Waals surface area contributed by atoms with Gasteiger partial charge in [0.25, 0.3) is 0 Å². The zero-order valence-corrected chi connectivity index (χ0v) is 17.3. The predicted molar refractivity (Wildman–Crippen MR) is 108 cm³/mol. The molecule has 2 rings (SSSR count). The van der Waals surface area contributed by atoms with Crippen LogP contribution >= 0.6 is 0 Å². The third kappa shape index (κ3) is 7.35. The summed E-state index contributed by atoms with van der Waals surface area (Å²) in [5, 5.41) is 3.36. The number of hydrogen-bond donors (Lipinski definition) is 1. The second-order valence-electron chi connectivity index (χ2n) is 8.59. The van der Waals surface area contributed by atoms with Crippen LogP contribution in [0.2, 0.25) is 0 Å². The zero-order valence-electron chi connectivity index (χ0n) is 17.3. The second kappa shape index (κ2) is 9.90. The molecule has 0 saturated carbocycles. The SMILES string of the molecule is CCCCC(=O)CC1=CNC(C2CCCN(C(=O)OC(C)(C)C)CC2)N=C1. The van der Waals surface area contributed by atoms with Crippen LogP contribution in [0.25, 0.3) is 0 Å². The molecule has 2 unspecified atom stereocenters. The van der Waals surface area contributed by atoms with Gasteiger partial charge in [-0.05, 0) is 52.0 Å². The van der Waals surface area contributed by atoms with Crippen molar-refractivity contribution in [3.05, 3.63) is 11.8 Å². The summed E-state index contributed by atoms with van der Waals surface area (Å²) in [4.78, 5) is 30.7. The smallest absolute Gasteiger partial charge is 0.410 e. The number of ether oxygens (including phenoxy) is 1. The largest absolute Gasteiger partial charge is 0.444 e. The standard InChI is InChI=1S/C21H35N3O3/c1-5-6-9-18(25)13-16-14-22-19(23-15-16)17-8-7-11-24(12-10-17)20(26)27-21(2,3)4/h14-15,17,19,22H,5-13H2,1-4H3. The van der Waals surface area contributed by atoms with E-state index in [1.807, 2.05) is 38.1 Å². The molecule has 0 aromatic rings. The van der Waals surface area contributed by atoms with Crippen LogP contribution in [0.1, 0.15) is 72.6 Å². The van der Waals surface area contributed by atoms with Gasteiger partial charge in [-0.3, -0.25) is 9.79 Å². The molecule has 2 atom stereocenters. The van der Waals surface area contributed by atoms with Crippen molar-refractivity contribution in [3.8, 4) is 0 Å². The Kier molecular flexibility index (Phi) is 7.87. The molecule has 6 heteroatoms. The number of hydrogen-bond acceptors (Lipinski definition) is 5. The van der Waals surface area contributed by atoms with Crippen molar-refractivity contribution >= 4 is 18.1 Å². The van der Waals surface area contributed by atoms with Gasteiger partial charge in [0.1, 0.15) is 17.6 Å². The number of amides is 1. The van der Waals surface area contributed by atoms with Gasteiger partial charge in [-0.25, -0.2) is 4.79 Å². The number of nitrogens with one attached hydrogen (secondary N) is 1. The molecule has 1 amide bonds. The first-order valence-corrected chi connectivity index (χ1v) is 10.3. The highest BCUT2D eigenvalue weighted by Gasteiger charge is 2.28. The lowest BCUT2D eigenvalue weighted by Crippen LogP contribution is -2.38. The van der Waals surface area contributed by atoms with Gasteiger partial charge < -0.3 is 15.0 Å². The molecular formula is C21H35N3O3. The van der Waals surface area contributed by atoms with Crippen LogP contribution in [0, 0.1) is 5.92 Å². The molecule has 1 saturated heterocycles. The van der Waals surface area contributed by atoms with E-state index in [4.69, 9.17) is 4.74 Å². The minimum Gasteiger partial charge on any atom is -0.444 e. The van der Waals surface area contributed by atoms with E-state index in [0.717, 1.165) is 44.2 Å². The van der Waals surface area contributed by atoms with E-state index in [1.54, 1.807) is 0 Å². The first-order chi connectivity index (χ1) is 12.8. The van der Waals surface area contributed by atoms with E-state index in [-0.39, 0.29) is 18.0 Å². The molecule has 27 heavy (non-hydrogen) atoms. The molecule has 0 aliphatic carbocycles. The maximum atomic E-state index is 12.3. The fourth-order valence-corrected chi connectivity index (χ4v) is 3.44. The number of unbranched alkanes of at least 4 members (excludes halogenated alkanes) is 1. The second-order valence-corrected chi connectivity index (χ2v) is 8.59. The minimum atomic E-state index is -0.465. The van der Waals surface area contributed by atoms with Crippen molar-refractivity contribution in [2.24, 2.45) is 10.9 Å². The van der Waals surface area contributed by atoms with E-state index in [9.17, 15) is 9.59 Å². The molecule has 0 aromatic carbocycles. The molecule has 0 spiro atoms. The number of rotatable bonds is 6. The Morgan fingerprint density at radius 1 is 1.30 bits per heavy atom. The average molecular weight is 378 g/mol. The summed E-state index contributed by atoms with van der Waals surface area (Å²) in [6.45, 7) is 9.20. The number of ketones is 1. The van der Waals surface area contributed by atoms with Crippen LogP contribution in [-0.4, -0.2) is 47.8 Å². The number of nitrogens with zero attached hydrogens (tertiary/aromatic N) is 2. The van der Waals surface area contributed by atoms with Crippen LogP contribution in [-0.2, 0) is 9.53 Å². The highest BCUT2D eigenvalue weighted by atomic mass is 16.6. The highest BCUT2D eigenvalue weighted by molar-refractivity contribution is 5.90. The van der Waals surface area contributed by atoms with Crippen molar-refractivity contribution in [2.45, 2.75) is 84.4 Å². The fourth-order valence-electron chi connectivity index (χ4n) is 3.44. The van der Waals surface area contributed by atoms with Crippen molar-refractivity contribution in [1.29, 1.82) is 0 Å². The Hall–Kier alpha value is -1.85. The summed E-state index contributed by atoms with van der Waals surface area (Å²) in [6, 6.07) is 0. The Labute approximate surface area is 163 Å². The fraction of sp³-hybridized carbons (Fsp3) is 0.762. The quantitative estimate of drug-likeness (QED) is 0.758. The van der Waals surface area contributed by atoms with Gasteiger partial charge in [-0.15, -0.1) is 0 Å². The summed E-state index contributed by atoms with van der Waals surface area (Å²) >= 11 is 0. The summed E-state index contributed by atoms with van der Waals surface area (Å²) in [5.74, 6) is 0.652. The van der Waals surface area contributed by atoms with Crippen LogP contribution in [0.3, 0.4) is 0 Å². The van der Waals surface area contributed by atoms with E-state index in [2.05, 4.69) is 17.2 Å². The van der Waals surface area contributed by atoms with Gasteiger partial charge in [0.05, 0.1) is 0 Å². The number of likely N-dealkylation sites (tertiary alicyclic amines) is 1. The molecule has 152 valence electrons. The van der Waals surface area contributed by atoms with Crippen LogP contribution in [0.15, 0.2) is 16.8 Å². The number of carbonyl (C=O) groups excluding carboxylic acids is 2. The van der Waals surface area contributed by atoms with Crippen LogP contribution in [0.4, 0.5) is 4.79 Å². The maximum absolute atomic E-state index is 12.3. The minimum absolute atomic E-state index is 0.0260. The summed E-state index contributed by atoms with van der Waals surface area (Å²) in [6.07, 6.45) is 9.56. The Bertz CT molecular complexity index is 578. The molecule has 1 fully saturated rings. The number of Topliss-reactive ketones (excluding diaryl/α,β-unsaturated/α-hetero) is 1. The predicted octanol–water partition coefficient (Wildman–Crippen LogP) is 4.06. The van der Waals surface area contributed by atoms with E-state index in [0.29, 0.717) is 25.3 Å². The number of allylic oxidation sites excluding steroid dienone is 1. The first-order valence-electron chi connectivity index (χ1n) is 10.3. The molecule has 6 nitrogen and oxygen atoms in total. The van der Waals surface area contributed by atoms with Crippen molar-refractivity contribution in [2.75, 3.05) is 13.1 Å². The number of aliphatic imine (C=N–C) groups is 1. The first kappa shape index (κ1) is 21.5. The van der Waals surface area contributed by atoms with Gasteiger partial charge in [0.2, 0.25) is 0 Å². The molecule has 1 N–H and O–H groups in total. The van der Waals surface area contributed by atoms with Gasteiger partial charge in [-0.1, -0.05) is 13.3 Å². The molecular weight excluding hydrogens is 342 g/mol. The molecule has 2 aliphatic rings. The van der Waals surface area contributed by atoms with E-state index in [1.165, 1.54) is 0 Å². The molecule has 2 heterocycles. The maximum Gasteiger partial charge on any atom is 0.410 e. The molecule has 2 aliphatic heterocycles. The number of carbonyl (C=O) groups is 2. The van der Waals surface area contributed by atoms with Crippen LogP contribution in [0.5, 0.6) is 0 Å². The third-order valence-electron chi connectivity index (χ3n) is 4.92. The van der Waals surface area contributed by atoms with Gasteiger partial charge in [0.15, 0.2) is 0 Å². The topological polar surface area (TPSA) is 71.0 Å². The monoisotopic (exact) mass is 377 g/mol. The lowest BCUT2D eigenvalue weighted by Gasteiger charge is -2.27. The summed E-state index contributed by atoms with van der Waals surface area (Å²) in [5.41, 5.74) is 0.490. The Morgan fingerprint density at radius 3 is 2.70 bits per heavy atom. The van der Waals surface area contributed by atoms with E-state index < -0.39 is 5.60 Å². The summed E-state index contributed by atoms with van der Waals surface area (Å²) < 4.78 is 5.49. The van der Waals surface area contributed by atoms with Crippen LogP contribution < -0.4 is 5.32 Å². The molecule has 0 bridgehead atoms. The molecule has 0 radical (unpaired) electrons. The molecule has 0 aromatic heterocycles. The highest BCUT2D eigenvalue weighted by Crippen LogP contribution is 2.24.